The zero-order valence-corrected chi connectivity index (χ0v) is 23.7. The standard InChI is InChI=1S/C28H31BrFN3O4S/c1-3-4-17-31-28(35)21(2)32(19-22-11-8-9-16-26(22)30)27(34)20-33(24-13-10-12-23(29)18-24)38(36,37)25-14-6-5-7-15-25/h5-16,18,21H,3-4,17,19-20H2,1-2H3,(H,31,35). The first kappa shape index (κ1) is 29.3. The highest BCUT2D eigenvalue weighted by Crippen LogP contribution is 2.27. The molecule has 0 saturated carbocycles. The van der Waals surface area contributed by atoms with E-state index < -0.39 is 40.2 Å². The number of hydrogen-bond donors (Lipinski definition) is 1. The van der Waals surface area contributed by atoms with Crippen LogP contribution < -0.4 is 9.62 Å². The molecule has 38 heavy (non-hydrogen) atoms. The molecule has 0 radical (unpaired) electrons. The fourth-order valence-corrected chi connectivity index (χ4v) is 5.62. The summed E-state index contributed by atoms with van der Waals surface area (Å²) in [6, 6.07) is 19.4. The number of halogens is 2. The van der Waals surface area contributed by atoms with Gasteiger partial charge in [0.25, 0.3) is 10.0 Å². The summed E-state index contributed by atoms with van der Waals surface area (Å²) in [6.45, 7) is 3.19. The average Bonchev–Trinajstić information content (AvgIpc) is 2.91. The van der Waals surface area contributed by atoms with Crippen molar-refractivity contribution >= 4 is 43.5 Å². The Kier molecular flexibility index (Phi) is 10.4. The topological polar surface area (TPSA) is 86.8 Å². The average molecular weight is 605 g/mol. The molecular weight excluding hydrogens is 573 g/mol. The van der Waals surface area contributed by atoms with Gasteiger partial charge in [0.05, 0.1) is 10.6 Å². The molecule has 1 N–H and O–H groups in total. The Hall–Kier alpha value is -3.24. The van der Waals surface area contributed by atoms with E-state index in [1.807, 2.05) is 6.92 Å². The lowest BCUT2D eigenvalue weighted by molar-refractivity contribution is -0.139. The van der Waals surface area contributed by atoms with Gasteiger partial charge in [-0.25, -0.2) is 12.8 Å². The molecular formula is C28H31BrFN3O4S. The molecule has 10 heteroatoms. The number of rotatable bonds is 12. The summed E-state index contributed by atoms with van der Waals surface area (Å²) in [5.74, 6) is -1.57. The van der Waals surface area contributed by atoms with Crippen molar-refractivity contribution in [2.24, 2.45) is 0 Å². The Labute approximate surface area is 231 Å². The van der Waals surface area contributed by atoms with E-state index >= 15 is 0 Å². The van der Waals surface area contributed by atoms with Crippen molar-refractivity contribution in [3.8, 4) is 0 Å². The molecule has 202 valence electrons. The van der Waals surface area contributed by atoms with Gasteiger partial charge in [-0.2, -0.15) is 0 Å². The monoisotopic (exact) mass is 603 g/mol. The van der Waals surface area contributed by atoms with Crippen LogP contribution in [0.2, 0.25) is 0 Å². The maximum absolute atomic E-state index is 14.6. The number of amides is 2. The van der Waals surface area contributed by atoms with Gasteiger partial charge in [-0.15, -0.1) is 0 Å². The van der Waals surface area contributed by atoms with E-state index in [0.29, 0.717) is 11.0 Å². The first-order valence-corrected chi connectivity index (χ1v) is 14.5. The molecule has 0 heterocycles. The third-order valence-electron chi connectivity index (χ3n) is 6.00. The second-order valence-corrected chi connectivity index (χ2v) is 11.5. The summed E-state index contributed by atoms with van der Waals surface area (Å²) < 4.78 is 43.6. The van der Waals surface area contributed by atoms with Gasteiger partial charge in [0.2, 0.25) is 11.8 Å². The van der Waals surface area contributed by atoms with Crippen LogP contribution in [0, 0.1) is 5.82 Å². The molecule has 0 aliphatic carbocycles. The second-order valence-electron chi connectivity index (χ2n) is 8.74. The number of unbranched alkanes of at least 4 members (excludes halogenated alkanes) is 1. The van der Waals surface area contributed by atoms with E-state index in [9.17, 15) is 22.4 Å². The molecule has 0 spiro atoms. The van der Waals surface area contributed by atoms with Crippen LogP contribution in [0.15, 0.2) is 88.2 Å². The number of anilines is 1. The lowest BCUT2D eigenvalue weighted by Gasteiger charge is -2.32. The molecule has 0 bridgehead atoms. The van der Waals surface area contributed by atoms with Gasteiger partial charge in [0.1, 0.15) is 18.4 Å². The van der Waals surface area contributed by atoms with Gasteiger partial charge >= 0.3 is 0 Å². The molecule has 0 aromatic heterocycles. The summed E-state index contributed by atoms with van der Waals surface area (Å²) in [5, 5.41) is 2.80. The highest BCUT2D eigenvalue weighted by molar-refractivity contribution is 9.10. The van der Waals surface area contributed by atoms with E-state index in [1.165, 1.54) is 35.2 Å². The van der Waals surface area contributed by atoms with E-state index in [4.69, 9.17) is 0 Å². The number of carbonyl (C=O) groups is 2. The minimum absolute atomic E-state index is 0.0128. The molecule has 0 fully saturated rings. The lowest BCUT2D eigenvalue weighted by atomic mass is 10.1. The van der Waals surface area contributed by atoms with Crippen LogP contribution in [-0.2, 0) is 26.2 Å². The maximum Gasteiger partial charge on any atom is 0.264 e. The highest BCUT2D eigenvalue weighted by Gasteiger charge is 2.32. The fraction of sp³-hybridized carbons (Fsp3) is 0.286. The number of hydrogen-bond acceptors (Lipinski definition) is 4. The van der Waals surface area contributed by atoms with E-state index in [-0.39, 0.29) is 22.7 Å². The quantitative estimate of drug-likeness (QED) is 0.291. The van der Waals surface area contributed by atoms with Crippen molar-refractivity contribution in [3.63, 3.8) is 0 Å². The van der Waals surface area contributed by atoms with Crippen LogP contribution >= 0.6 is 15.9 Å². The number of nitrogens with one attached hydrogen (secondary N) is 1. The summed E-state index contributed by atoms with van der Waals surface area (Å²) >= 11 is 3.36. The smallest absolute Gasteiger partial charge is 0.264 e. The largest absolute Gasteiger partial charge is 0.354 e. The Morgan fingerprint density at radius 2 is 1.68 bits per heavy atom. The zero-order chi connectivity index (χ0) is 27.7. The summed E-state index contributed by atoms with van der Waals surface area (Å²) in [4.78, 5) is 27.9. The summed E-state index contributed by atoms with van der Waals surface area (Å²) in [6.07, 6.45) is 1.65. The zero-order valence-electron chi connectivity index (χ0n) is 21.3. The third kappa shape index (κ3) is 7.41. The highest BCUT2D eigenvalue weighted by atomic mass is 79.9. The molecule has 1 atom stereocenters. The van der Waals surface area contributed by atoms with Crippen LogP contribution in [0.4, 0.5) is 10.1 Å². The van der Waals surface area contributed by atoms with Crippen molar-refractivity contribution in [3.05, 3.63) is 94.7 Å². The summed E-state index contributed by atoms with van der Waals surface area (Å²) in [5.41, 5.74) is 0.483. The van der Waals surface area contributed by atoms with Crippen LogP contribution in [0.1, 0.15) is 32.3 Å². The van der Waals surface area contributed by atoms with Crippen molar-refractivity contribution < 1.29 is 22.4 Å². The van der Waals surface area contributed by atoms with Crippen LogP contribution in [0.25, 0.3) is 0 Å². The predicted molar refractivity (Wildman–Crippen MR) is 149 cm³/mol. The molecule has 0 saturated heterocycles. The number of carbonyl (C=O) groups excluding carboxylic acids is 2. The van der Waals surface area contributed by atoms with Crippen molar-refractivity contribution in [2.45, 2.75) is 44.2 Å². The van der Waals surface area contributed by atoms with Crippen LogP contribution in [-0.4, -0.2) is 44.3 Å². The van der Waals surface area contributed by atoms with Gasteiger partial charge in [0, 0.05) is 23.1 Å². The number of nitrogens with zero attached hydrogens (tertiary/aromatic N) is 2. The minimum Gasteiger partial charge on any atom is -0.354 e. The van der Waals surface area contributed by atoms with Crippen LogP contribution in [0.3, 0.4) is 0 Å². The second kappa shape index (κ2) is 13.5. The molecule has 3 aromatic rings. The van der Waals surface area contributed by atoms with E-state index in [2.05, 4.69) is 21.2 Å². The molecule has 7 nitrogen and oxygen atoms in total. The van der Waals surface area contributed by atoms with Crippen LogP contribution in [0.5, 0.6) is 0 Å². The Morgan fingerprint density at radius 1 is 1.00 bits per heavy atom. The van der Waals surface area contributed by atoms with E-state index in [0.717, 1.165) is 17.1 Å². The molecule has 2 amide bonds. The van der Waals surface area contributed by atoms with Crippen molar-refractivity contribution in [1.82, 2.24) is 10.2 Å². The first-order chi connectivity index (χ1) is 18.1. The predicted octanol–water partition coefficient (Wildman–Crippen LogP) is 5.12. The SMILES string of the molecule is CCCCNC(=O)C(C)N(Cc1ccccc1F)C(=O)CN(c1cccc(Br)c1)S(=O)(=O)c1ccccc1. The molecule has 1 unspecified atom stereocenters. The fourth-order valence-electron chi connectivity index (χ4n) is 3.81. The number of sulfonamides is 1. The van der Waals surface area contributed by atoms with Gasteiger partial charge in [-0.1, -0.05) is 71.7 Å². The Bertz CT molecular complexity index is 1350. The third-order valence-corrected chi connectivity index (χ3v) is 8.28. The maximum atomic E-state index is 14.6. The van der Waals surface area contributed by atoms with Gasteiger partial charge < -0.3 is 10.2 Å². The van der Waals surface area contributed by atoms with Crippen molar-refractivity contribution in [1.29, 1.82) is 0 Å². The lowest BCUT2D eigenvalue weighted by Crippen LogP contribution is -2.51. The Morgan fingerprint density at radius 3 is 2.34 bits per heavy atom. The molecule has 0 aliphatic rings. The van der Waals surface area contributed by atoms with Gasteiger partial charge in [-0.3, -0.25) is 13.9 Å². The van der Waals surface area contributed by atoms with Crippen molar-refractivity contribution in [2.75, 3.05) is 17.4 Å². The molecule has 3 rings (SSSR count). The summed E-state index contributed by atoms with van der Waals surface area (Å²) in [7, 11) is -4.15. The first-order valence-electron chi connectivity index (χ1n) is 12.3. The van der Waals surface area contributed by atoms with E-state index in [1.54, 1.807) is 55.5 Å². The normalized spacial score (nSPS) is 12.0. The minimum atomic E-state index is -4.15. The molecule has 3 aromatic carbocycles. The molecule has 0 aliphatic heterocycles. The van der Waals surface area contributed by atoms with Gasteiger partial charge in [0.15, 0.2) is 0 Å². The van der Waals surface area contributed by atoms with Gasteiger partial charge in [-0.05, 0) is 49.7 Å². The number of benzene rings is 3. The Balaban J connectivity index is 2.00.